The van der Waals surface area contributed by atoms with Crippen LogP contribution < -0.4 is 10.1 Å². The third-order valence-corrected chi connectivity index (χ3v) is 6.75. The first-order valence-electron chi connectivity index (χ1n) is 11.1. The van der Waals surface area contributed by atoms with E-state index in [1.54, 1.807) is 12.1 Å². The van der Waals surface area contributed by atoms with Crippen LogP contribution >= 0.6 is 0 Å². The molecule has 4 rings (SSSR count). The van der Waals surface area contributed by atoms with Crippen LogP contribution in [0.15, 0.2) is 24.3 Å². The average molecular weight is 413 g/mol. The van der Waals surface area contributed by atoms with E-state index in [-0.39, 0.29) is 12.3 Å². The molecule has 2 aliphatic heterocycles. The van der Waals surface area contributed by atoms with Crippen LogP contribution in [0.4, 0.5) is 4.79 Å². The maximum atomic E-state index is 12.8. The molecule has 0 aromatic heterocycles. The Labute approximate surface area is 178 Å². The molecule has 0 radical (unpaired) electrons. The number of nitriles is 1. The maximum absolute atomic E-state index is 12.8. The number of rotatable bonds is 6. The highest BCUT2D eigenvalue weighted by molar-refractivity contribution is 5.74. The van der Waals surface area contributed by atoms with E-state index in [1.807, 2.05) is 24.1 Å². The van der Waals surface area contributed by atoms with Gasteiger partial charge < -0.3 is 19.7 Å². The van der Waals surface area contributed by atoms with E-state index in [0.717, 1.165) is 51.3 Å². The number of benzene rings is 1. The second kappa shape index (κ2) is 9.67. The molecule has 2 heterocycles. The van der Waals surface area contributed by atoms with Crippen molar-refractivity contribution in [3.05, 3.63) is 29.8 Å². The van der Waals surface area contributed by atoms with Gasteiger partial charge in [0.05, 0.1) is 11.6 Å². The molecule has 1 saturated carbocycles. The third-order valence-electron chi connectivity index (χ3n) is 6.75. The lowest BCUT2D eigenvalue weighted by Crippen LogP contribution is -2.56. The summed E-state index contributed by atoms with van der Waals surface area (Å²) in [7, 11) is 1.94. The zero-order valence-corrected chi connectivity index (χ0v) is 17.8. The molecule has 1 aromatic carbocycles. The van der Waals surface area contributed by atoms with Gasteiger partial charge in [-0.1, -0.05) is 0 Å². The van der Waals surface area contributed by atoms with Gasteiger partial charge in [0.2, 0.25) is 0 Å². The van der Waals surface area contributed by atoms with Gasteiger partial charge in [0, 0.05) is 39.3 Å². The molecule has 30 heavy (non-hydrogen) atoms. The molecule has 1 aromatic rings. The van der Waals surface area contributed by atoms with Crippen LogP contribution in [0.1, 0.15) is 37.7 Å². The number of hydrogen-bond donors (Lipinski definition) is 1. The summed E-state index contributed by atoms with van der Waals surface area (Å²) < 4.78 is 11.5. The van der Waals surface area contributed by atoms with Gasteiger partial charge in [0.1, 0.15) is 18.6 Å². The Morgan fingerprint density at radius 2 is 1.97 bits per heavy atom. The third kappa shape index (κ3) is 4.88. The SMILES string of the molecule is CN(C(=O)NC1CCCCO1)C1C2CCC1CN(CCOc1ccc(C#N)cc1)C2. The Balaban J connectivity index is 1.24. The molecule has 3 unspecified atom stereocenters. The van der Waals surface area contributed by atoms with Gasteiger partial charge in [-0.2, -0.15) is 5.26 Å². The number of urea groups is 1. The fourth-order valence-electron chi connectivity index (χ4n) is 5.25. The molecule has 3 fully saturated rings. The van der Waals surface area contributed by atoms with Gasteiger partial charge in [0.25, 0.3) is 0 Å². The molecular weight excluding hydrogens is 380 g/mol. The molecule has 162 valence electrons. The molecular formula is C23H32N4O3. The number of ether oxygens (including phenoxy) is 2. The molecule has 3 aliphatic rings. The van der Waals surface area contributed by atoms with Crippen molar-refractivity contribution in [2.24, 2.45) is 11.8 Å². The van der Waals surface area contributed by atoms with Crippen LogP contribution in [0.25, 0.3) is 0 Å². The molecule has 2 saturated heterocycles. The van der Waals surface area contributed by atoms with Crippen molar-refractivity contribution in [2.75, 3.05) is 39.9 Å². The number of carbonyl (C=O) groups excluding carboxylic acids is 1. The molecule has 0 spiro atoms. The van der Waals surface area contributed by atoms with Crippen molar-refractivity contribution in [2.45, 2.75) is 44.4 Å². The molecule has 7 heteroatoms. The molecule has 2 amide bonds. The largest absolute Gasteiger partial charge is 0.492 e. The predicted octanol–water partition coefficient (Wildman–Crippen LogP) is 2.82. The minimum Gasteiger partial charge on any atom is -0.492 e. The number of hydrogen-bond acceptors (Lipinski definition) is 5. The normalized spacial score (nSPS) is 28.5. The Morgan fingerprint density at radius 1 is 1.23 bits per heavy atom. The van der Waals surface area contributed by atoms with E-state index in [4.69, 9.17) is 14.7 Å². The quantitative estimate of drug-likeness (QED) is 0.777. The van der Waals surface area contributed by atoms with Crippen LogP contribution in [-0.4, -0.2) is 68.0 Å². The zero-order chi connectivity index (χ0) is 20.9. The number of nitrogens with zero attached hydrogens (tertiary/aromatic N) is 3. The van der Waals surface area contributed by atoms with Gasteiger partial charge in [0.15, 0.2) is 0 Å². The summed E-state index contributed by atoms with van der Waals surface area (Å²) in [6.45, 7) is 4.27. The molecule has 1 N–H and O–H groups in total. The highest BCUT2D eigenvalue weighted by Crippen LogP contribution is 2.39. The van der Waals surface area contributed by atoms with Gasteiger partial charge in [-0.3, -0.25) is 4.90 Å². The number of piperidine rings is 1. The number of nitrogens with one attached hydrogen (secondary N) is 1. The summed E-state index contributed by atoms with van der Waals surface area (Å²) in [5.41, 5.74) is 0.643. The lowest BCUT2D eigenvalue weighted by Gasteiger charge is -2.42. The van der Waals surface area contributed by atoms with Crippen molar-refractivity contribution in [3.8, 4) is 11.8 Å². The van der Waals surface area contributed by atoms with Crippen molar-refractivity contribution in [1.82, 2.24) is 15.1 Å². The highest BCUT2D eigenvalue weighted by Gasteiger charge is 2.45. The molecule has 3 atom stereocenters. The number of fused-ring (bicyclic) bond motifs is 2. The van der Waals surface area contributed by atoms with E-state index in [0.29, 0.717) is 30.0 Å². The summed E-state index contributed by atoms with van der Waals surface area (Å²) >= 11 is 0. The second-order valence-electron chi connectivity index (χ2n) is 8.75. The Morgan fingerprint density at radius 3 is 2.60 bits per heavy atom. The first-order valence-corrected chi connectivity index (χ1v) is 11.1. The molecule has 7 nitrogen and oxygen atoms in total. The van der Waals surface area contributed by atoms with Crippen molar-refractivity contribution >= 4 is 6.03 Å². The van der Waals surface area contributed by atoms with Gasteiger partial charge in [-0.25, -0.2) is 4.79 Å². The minimum absolute atomic E-state index is 0.00130. The van der Waals surface area contributed by atoms with E-state index < -0.39 is 0 Å². The smallest absolute Gasteiger partial charge is 0.319 e. The predicted molar refractivity (Wildman–Crippen MR) is 113 cm³/mol. The van der Waals surface area contributed by atoms with E-state index in [2.05, 4.69) is 16.3 Å². The van der Waals surface area contributed by atoms with Crippen LogP contribution in [0.5, 0.6) is 5.75 Å². The minimum atomic E-state index is -0.134. The maximum Gasteiger partial charge on any atom is 0.319 e. The summed E-state index contributed by atoms with van der Waals surface area (Å²) in [5.74, 6) is 1.83. The van der Waals surface area contributed by atoms with E-state index in [9.17, 15) is 4.79 Å². The summed E-state index contributed by atoms with van der Waals surface area (Å²) in [6, 6.07) is 9.68. The summed E-state index contributed by atoms with van der Waals surface area (Å²) in [5, 5.41) is 11.9. The Bertz CT molecular complexity index is 743. The van der Waals surface area contributed by atoms with E-state index in [1.165, 1.54) is 12.8 Å². The van der Waals surface area contributed by atoms with Crippen LogP contribution in [0.3, 0.4) is 0 Å². The Kier molecular flexibility index (Phi) is 6.76. The van der Waals surface area contributed by atoms with Crippen LogP contribution in [0.2, 0.25) is 0 Å². The van der Waals surface area contributed by atoms with E-state index >= 15 is 0 Å². The zero-order valence-electron chi connectivity index (χ0n) is 17.8. The number of likely N-dealkylation sites (tertiary alicyclic amines) is 1. The van der Waals surface area contributed by atoms with Gasteiger partial charge in [-0.05, 0) is 68.2 Å². The van der Waals surface area contributed by atoms with Crippen LogP contribution in [-0.2, 0) is 4.74 Å². The monoisotopic (exact) mass is 412 g/mol. The first-order chi connectivity index (χ1) is 14.6. The fraction of sp³-hybridized carbons (Fsp3) is 0.652. The highest BCUT2D eigenvalue weighted by atomic mass is 16.5. The Hall–Kier alpha value is -2.30. The molecule has 2 bridgehead atoms. The lowest BCUT2D eigenvalue weighted by molar-refractivity contribution is -0.00410. The van der Waals surface area contributed by atoms with Gasteiger partial charge >= 0.3 is 6.03 Å². The fourth-order valence-corrected chi connectivity index (χ4v) is 5.25. The second-order valence-corrected chi connectivity index (χ2v) is 8.75. The van der Waals surface area contributed by atoms with Crippen molar-refractivity contribution in [3.63, 3.8) is 0 Å². The van der Waals surface area contributed by atoms with Gasteiger partial charge in [-0.15, -0.1) is 0 Å². The average Bonchev–Trinajstić information content (AvgIpc) is 3.04. The summed E-state index contributed by atoms with van der Waals surface area (Å²) in [4.78, 5) is 17.2. The standard InChI is InChI=1S/C23H32N4O3/c1-26(23(28)25-21-4-2-3-12-30-21)22-18-7-8-19(22)16-27(15-18)11-13-29-20-9-5-17(14-24)6-10-20/h5-6,9-10,18-19,21-22H,2-4,7-8,11-13,15-16H2,1H3,(H,25,28). The topological polar surface area (TPSA) is 77.8 Å². The van der Waals surface area contributed by atoms with Crippen molar-refractivity contribution < 1.29 is 14.3 Å². The number of amides is 2. The lowest BCUT2D eigenvalue weighted by atomic mass is 9.91. The van der Waals surface area contributed by atoms with Crippen molar-refractivity contribution in [1.29, 1.82) is 5.26 Å². The summed E-state index contributed by atoms with van der Waals surface area (Å²) in [6.07, 6.45) is 5.33. The molecule has 1 aliphatic carbocycles. The number of carbonyl (C=O) groups is 1. The van der Waals surface area contributed by atoms with Crippen LogP contribution in [0, 0.1) is 23.2 Å². The first kappa shape index (κ1) is 21.0.